The van der Waals surface area contributed by atoms with Gasteiger partial charge in [-0.05, 0) is 6.92 Å². The third kappa shape index (κ3) is 9.44. The average Bonchev–Trinajstić information content (AvgIpc) is 2.56. The van der Waals surface area contributed by atoms with Crippen molar-refractivity contribution in [1.82, 2.24) is 16.0 Å². The summed E-state index contributed by atoms with van der Waals surface area (Å²) >= 11 is 0. The van der Waals surface area contributed by atoms with Crippen LogP contribution >= 0.6 is 0 Å². The van der Waals surface area contributed by atoms with Crippen molar-refractivity contribution in [3.05, 3.63) is 0 Å². The fraction of sp³-hybridized carbons (Fsp3) is 0.571. The lowest BCUT2D eigenvalue weighted by Crippen LogP contribution is -2.55. The predicted molar refractivity (Wildman–Crippen MR) is 88.7 cm³/mol. The zero-order chi connectivity index (χ0) is 22.0. The van der Waals surface area contributed by atoms with E-state index in [1.165, 1.54) is 6.92 Å². The number of hydrogen-bond acceptors (Lipinski definition) is 8. The van der Waals surface area contributed by atoms with E-state index >= 15 is 0 Å². The Morgan fingerprint density at radius 3 is 1.79 bits per heavy atom. The molecule has 0 fully saturated rings. The van der Waals surface area contributed by atoms with E-state index in [-0.39, 0.29) is 0 Å². The molecule has 9 N–H and O–H groups in total. The number of hydrogen-bond donors (Lipinski definition) is 8. The highest BCUT2D eigenvalue weighted by Gasteiger charge is 2.29. The van der Waals surface area contributed by atoms with Crippen molar-refractivity contribution in [3.8, 4) is 0 Å². The minimum absolute atomic E-state index is 0.708. The molecule has 0 aromatic rings. The van der Waals surface area contributed by atoms with Gasteiger partial charge in [0.05, 0.1) is 25.5 Å². The third-order valence-electron chi connectivity index (χ3n) is 3.27. The zero-order valence-electron chi connectivity index (χ0n) is 14.7. The van der Waals surface area contributed by atoms with Crippen LogP contribution in [-0.2, 0) is 28.8 Å². The Morgan fingerprint density at radius 1 is 0.857 bits per heavy atom. The number of carboxylic acid groups (broad SMARTS) is 3. The average molecular weight is 406 g/mol. The zero-order valence-corrected chi connectivity index (χ0v) is 14.7. The molecule has 0 saturated carbocycles. The number of aliphatic hydroxyl groups excluding tert-OH is 1. The van der Waals surface area contributed by atoms with Gasteiger partial charge in [-0.3, -0.25) is 24.0 Å². The number of nitrogens with two attached hydrogens (primary N) is 1. The number of carboxylic acids is 3. The molecule has 28 heavy (non-hydrogen) atoms. The van der Waals surface area contributed by atoms with Gasteiger partial charge in [0, 0.05) is 0 Å². The maximum Gasteiger partial charge on any atom is 0.326 e. The molecule has 0 aromatic heterocycles. The Balaban J connectivity index is 4.97. The first-order valence-electron chi connectivity index (χ1n) is 7.82. The summed E-state index contributed by atoms with van der Waals surface area (Å²) < 4.78 is 0. The van der Waals surface area contributed by atoms with Crippen LogP contribution in [0.15, 0.2) is 0 Å². The SMILES string of the molecule is CC(O)C(N)C(=O)NCC(=O)NC(CC(=O)O)C(=O)NC(CC(=O)O)C(=O)O. The van der Waals surface area contributed by atoms with E-state index < -0.39 is 79.2 Å². The highest BCUT2D eigenvalue weighted by molar-refractivity contribution is 5.95. The Labute approximate surface area is 158 Å². The minimum Gasteiger partial charge on any atom is -0.481 e. The molecule has 14 heteroatoms. The van der Waals surface area contributed by atoms with Gasteiger partial charge in [-0.25, -0.2) is 4.79 Å². The lowest BCUT2D eigenvalue weighted by molar-refractivity contribution is -0.148. The Morgan fingerprint density at radius 2 is 1.36 bits per heavy atom. The number of rotatable bonds is 12. The van der Waals surface area contributed by atoms with E-state index in [4.69, 9.17) is 21.1 Å². The van der Waals surface area contributed by atoms with Gasteiger partial charge in [-0.2, -0.15) is 0 Å². The van der Waals surface area contributed by atoms with Crippen LogP contribution in [0.2, 0.25) is 0 Å². The number of amides is 3. The highest BCUT2D eigenvalue weighted by Crippen LogP contribution is 1.99. The maximum absolute atomic E-state index is 12.1. The van der Waals surface area contributed by atoms with Crippen LogP contribution < -0.4 is 21.7 Å². The summed E-state index contributed by atoms with van der Waals surface area (Å²) in [6.45, 7) is 0.535. The molecule has 4 atom stereocenters. The normalized spacial score (nSPS) is 14.7. The summed E-state index contributed by atoms with van der Waals surface area (Å²) in [5.41, 5.74) is 5.35. The van der Waals surface area contributed by atoms with Crippen molar-refractivity contribution >= 4 is 35.6 Å². The number of nitrogens with one attached hydrogen (secondary N) is 3. The summed E-state index contributed by atoms with van der Waals surface area (Å²) in [6, 6.07) is -4.90. The summed E-state index contributed by atoms with van der Waals surface area (Å²) in [6.07, 6.45) is -3.10. The molecule has 0 heterocycles. The van der Waals surface area contributed by atoms with Crippen molar-refractivity contribution < 1.29 is 49.2 Å². The van der Waals surface area contributed by atoms with Crippen LogP contribution in [0, 0.1) is 0 Å². The van der Waals surface area contributed by atoms with Gasteiger partial charge < -0.3 is 42.1 Å². The van der Waals surface area contributed by atoms with Crippen molar-refractivity contribution in [3.63, 3.8) is 0 Å². The van der Waals surface area contributed by atoms with Gasteiger partial charge in [-0.1, -0.05) is 0 Å². The standard InChI is InChI=1S/C14H22N4O10/c1-5(19)11(15)13(26)16-4-8(20)17-6(2-9(21)22)12(25)18-7(14(27)28)3-10(23)24/h5-7,11,19H,2-4,15H2,1H3,(H,16,26)(H,17,20)(H,18,25)(H,21,22)(H,23,24)(H,27,28). The van der Waals surface area contributed by atoms with Gasteiger partial charge >= 0.3 is 17.9 Å². The molecule has 0 radical (unpaired) electrons. The first-order valence-corrected chi connectivity index (χ1v) is 7.82. The number of aliphatic carboxylic acids is 3. The molecular weight excluding hydrogens is 384 g/mol. The summed E-state index contributed by atoms with van der Waals surface area (Å²) in [5.74, 6) is -7.82. The second-order valence-corrected chi connectivity index (χ2v) is 5.70. The molecule has 0 bridgehead atoms. The second-order valence-electron chi connectivity index (χ2n) is 5.70. The van der Waals surface area contributed by atoms with Crippen LogP contribution in [0.1, 0.15) is 19.8 Å². The van der Waals surface area contributed by atoms with Crippen molar-refractivity contribution in [1.29, 1.82) is 0 Å². The number of carbonyl (C=O) groups excluding carboxylic acids is 3. The molecule has 0 aliphatic rings. The molecule has 0 saturated heterocycles. The van der Waals surface area contributed by atoms with Crippen LogP contribution in [-0.4, -0.2) is 86.8 Å². The maximum atomic E-state index is 12.1. The molecular formula is C14H22N4O10. The van der Waals surface area contributed by atoms with Crippen LogP contribution in [0.5, 0.6) is 0 Å². The summed E-state index contributed by atoms with van der Waals surface area (Å²) in [5, 5.41) is 41.4. The lowest BCUT2D eigenvalue weighted by atomic mass is 10.1. The number of carbonyl (C=O) groups is 6. The van der Waals surface area contributed by atoms with Crippen molar-refractivity contribution in [2.24, 2.45) is 5.73 Å². The molecule has 158 valence electrons. The van der Waals surface area contributed by atoms with Gasteiger partial charge in [0.15, 0.2) is 0 Å². The molecule has 0 aliphatic heterocycles. The van der Waals surface area contributed by atoms with E-state index in [0.29, 0.717) is 0 Å². The van der Waals surface area contributed by atoms with E-state index in [0.717, 1.165) is 0 Å². The molecule has 14 nitrogen and oxygen atoms in total. The molecule has 0 spiro atoms. The number of aliphatic hydroxyl groups is 1. The third-order valence-corrected chi connectivity index (χ3v) is 3.27. The van der Waals surface area contributed by atoms with Crippen LogP contribution in [0.25, 0.3) is 0 Å². The van der Waals surface area contributed by atoms with Crippen molar-refractivity contribution in [2.45, 2.75) is 44.0 Å². The van der Waals surface area contributed by atoms with E-state index in [2.05, 4.69) is 5.32 Å². The molecule has 0 aliphatic carbocycles. The quantitative estimate of drug-likeness (QED) is 0.154. The van der Waals surface area contributed by atoms with Gasteiger partial charge in [0.1, 0.15) is 18.1 Å². The topological polar surface area (TPSA) is 245 Å². The Hall–Kier alpha value is -3.26. The predicted octanol–water partition coefficient (Wildman–Crippen LogP) is -4.19. The monoisotopic (exact) mass is 406 g/mol. The lowest BCUT2D eigenvalue weighted by Gasteiger charge is -2.20. The first-order chi connectivity index (χ1) is 12.8. The van der Waals surface area contributed by atoms with Gasteiger partial charge in [0.25, 0.3) is 0 Å². The fourth-order valence-corrected chi connectivity index (χ4v) is 1.78. The summed E-state index contributed by atoms with van der Waals surface area (Å²) in [4.78, 5) is 67.9. The van der Waals surface area contributed by atoms with E-state index in [1.807, 2.05) is 10.6 Å². The smallest absolute Gasteiger partial charge is 0.326 e. The molecule has 0 rings (SSSR count). The first kappa shape index (κ1) is 24.7. The molecule has 0 aromatic carbocycles. The van der Waals surface area contributed by atoms with Crippen LogP contribution in [0.3, 0.4) is 0 Å². The largest absolute Gasteiger partial charge is 0.481 e. The summed E-state index contributed by atoms with van der Waals surface area (Å²) in [7, 11) is 0. The van der Waals surface area contributed by atoms with E-state index in [9.17, 15) is 33.9 Å². The minimum atomic E-state index is -1.85. The van der Waals surface area contributed by atoms with Gasteiger partial charge in [-0.15, -0.1) is 0 Å². The highest BCUT2D eigenvalue weighted by atomic mass is 16.4. The second kappa shape index (κ2) is 11.5. The van der Waals surface area contributed by atoms with Gasteiger partial charge in [0.2, 0.25) is 17.7 Å². The molecule has 3 amide bonds. The van der Waals surface area contributed by atoms with E-state index in [1.54, 1.807) is 0 Å². The Kier molecular flexibility index (Phi) is 10.1. The fourth-order valence-electron chi connectivity index (χ4n) is 1.78. The Bertz CT molecular complexity index is 636. The van der Waals surface area contributed by atoms with Crippen molar-refractivity contribution in [2.75, 3.05) is 6.54 Å². The van der Waals surface area contributed by atoms with Crippen LogP contribution in [0.4, 0.5) is 0 Å². The molecule has 4 unspecified atom stereocenters.